The molecule has 1 fully saturated rings. The first-order valence-corrected chi connectivity index (χ1v) is 11.5. The van der Waals surface area contributed by atoms with Crippen LogP contribution in [0.25, 0.3) is 11.1 Å². The largest absolute Gasteiger partial charge is 0.494 e. The highest BCUT2D eigenvalue weighted by atomic mass is 16.5. The predicted octanol–water partition coefficient (Wildman–Crippen LogP) is 5.69. The van der Waals surface area contributed by atoms with Crippen molar-refractivity contribution in [2.24, 2.45) is 11.8 Å². The van der Waals surface area contributed by atoms with Crippen molar-refractivity contribution < 1.29 is 24.2 Å². The number of hydrogen-bond donors (Lipinski definition) is 2. The van der Waals surface area contributed by atoms with Crippen molar-refractivity contribution in [1.29, 1.82) is 0 Å². The molecular weight excluding hydrogens is 430 g/mol. The van der Waals surface area contributed by atoms with Crippen molar-refractivity contribution in [2.75, 3.05) is 11.9 Å². The molecule has 6 heteroatoms. The maximum atomic E-state index is 12.8. The number of aliphatic carboxylic acids is 1. The Morgan fingerprint density at radius 3 is 1.97 bits per heavy atom. The average Bonchev–Trinajstić information content (AvgIpc) is 3.35. The minimum Gasteiger partial charge on any atom is -0.494 e. The lowest BCUT2D eigenvalue weighted by Gasteiger charge is -2.14. The number of amides is 1. The average molecular weight is 458 g/mol. The molecule has 1 saturated carbocycles. The van der Waals surface area contributed by atoms with E-state index in [-0.39, 0.29) is 11.7 Å². The third kappa shape index (κ3) is 5.17. The van der Waals surface area contributed by atoms with Crippen molar-refractivity contribution in [1.82, 2.24) is 0 Å². The van der Waals surface area contributed by atoms with E-state index in [1.165, 1.54) is 0 Å². The molecule has 1 aliphatic rings. The normalized spacial score (nSPS) is 17.2. The van der Waals surface area contributed by atoms with Gasteiger partial charge in [-0.3, -0.25) is 14.4 Å². The van der Waals surface area contributed by atoms with Gasteiger partial charge < -0.3 is 15.2 Å². The molecule has 0 bridgehead atoms. The quantitative estimate of drug-likeness (QED) is 0.424. The monoisotopic (exact) mass is 457 g/mol. The number of benzene rings is 3. The van der Waals surface area contributed by atoms with Gasteiger partial charge in [-0.15, -0.1) is 0 Å². The first kappa shape index (κ1) is 23.2. The van der Waals surface area contributed by atoms with E-state index in [0.717, 1.165) is 23.3 Å². The topological polar surface area (TPSA) is 92.7 Å². The molecule has 1 aliphatic carbocycles. The number of carbonyl (C=O) groups excluding carboxylic acids is 2. The van der Waals surface area contributed by atoms with E-state index in [2.05, 4.69) is 5.32 Å². The van der Waals surface area contributed by atoms with Crippen molar-refractivity contribution in [2.45, 2.75) is 26.2 Å². The fourth-order valence-electron chi connectivity index (χ4n) is 4.43. The predicted molar refractivity (Wildman–Crippen MR) is 130 cm³/mol. The Hall–Kier alpha value is -3.93. The summed E-state index contributed by atoms with van der Waals surface area (Å²) in [5.74, 6) is -1.49. The lowest BCUT2D eigenvalue weighted by molar-refractivity contribution is -0.142. The van der Waals surface area contributed by atoms with E-state index in [9.17, 15) is 19.5 Å². The zero-order chi connectivity index (χ0) is 24.1. The standard InChI is InChI=1S/C28H27NO5/c1-2-34-23-16-12-21(13-17-23)27(31)29-22-14-10-19(11-15-22)18-6-8-20(9-7-18)26(30)24-4-3-5-25(24)28(32)33/h6-17,24-25H,2-5H2,1H3,(H,29,31)(H,32,33)/t24-,25-/m1/s1. The van der Waals surface area contributed by atoms with Crippen molar-refractivity contribution >= 4 is 23.3 Å². The van der Waals surface area contributed by atoms with Crippen molar-refractivity contribution in [3.05, 3.63) is 83.9 Å². The van der Waals surface area contributed by atoms with Crippen molar-refractivity contribution in [3.63, 3.8) is 0 Å². The summed E-state index contributed by atoms with van der Waals surface area (Å²) in [6, 6.07) is 21.7. The Labute approximate surface area is 198 Å². The van der Waals surface area contributed by atoms with Gasteiger partial charge in [-0.05, 0) is 67.3 Å². The molecule has 0 unspecified atom stereocenters. The lowest BCUT2D eigenvalue weighted by Crippen LogP contribution is -2.25. The SMILES string of the molecule is CCOc1ccc(C(=O)Nc2ccc(-c3ccc(C(=O)[C@@H]4CCC[C@H]4C(=O)O)cc3)cc2)cc1. The van der Waals surface area contributed by atoms with Gasteiger partial charge in [0.2, 0.25) is 0 Å². The van der Waals surface area contributed by atoms with Crippen LogP contribution in [0.3, 0.4) is 0 Å². The maximum absolute atomic E-state index is 12.8. The van der Waals surface area contributed by atoms with Crippen LogP contribution in [-0.2, 0) is 4.79 Å². The molecule has 0 aliphatic heterocycles. The van der Waals surface area contributed by atoms with Crippen LogP contribution in [0, 0.1) is 11.8 Å². The van der Waals surface area contributed by atoms with Gasteiger partial charge in [0.25, 0.3) is 5.91 Å². The second kappa shape index (κ2) is 10.3. The molecule has 174 valence electrons. The van der Waals surface area contributed by atoms with Gasteiger partial charge in [0, 0.05) is 22.7 Å². The Morgan fingerprint density at radius 2 is 1.38 bits per heavy atom. The number of ketones is 1. The number of anilines is 1. The van der Waals surface area contributed by atoms with Crippen LogP contribution in [-0.4, -0.2) is 29.4 Å². The van der Waals surface area contributed by atoms with Crippen LogP contribution in [0.15, 0.2) is 72.8 Å². The van der Waals surface area contributed by atoms with Crippen LogP contribution < -0.4 is 10.1 Å². The fraction of sp³-hybridized carbons (Fsp3) is 0.250. The van der Waals surface area contributed by atoms with Gasteiger partial charge in [0.1, 0.15) is 5.75 Å². The molecule has 2 N–H and O–H groups in total. The van der Waals surface area contributed by atoms with E-state index in [0.29, 0.717) is 36.3 Å². The number of Topliss-reactive ketones (excluding diaryl/α,β-unsaturated/α-hetero) is 1. The number of ether oxygens (including phenoxy) is 1. The molecule has 0 heterocycles. The highest BCUT2D eigenvalue weighted by molar-refractivity contribution is 6.04. The van der Waals surface area contributed by atoms with Gasteiger partial charge in [-0.1, -0.05) is 42.8 Å². The summed E-state index contributed by atoms with van der Waals surface area (Å²) >= 11 is 0. The number of nitrogens with one attached hydrogen (secondary N) is 1. The Balaban J connectivity index is 1.40. The molecule has 4 rings (SSSR count). The molecule has 2 atom stereocenters. The maximum Gasteiger partial charge on any atom is 0.307 e. The van der Waals surface area contributed by atoms with E-state index in [4.69, 9.17) is 4.74 Å². The van der Waals surface area contributed by atoms with E-state index in [1.807, 2.05) is 43.3 Å². The molecular formula is C28H27NO5. The number of rotatable bonds is 8. The van der Waals surface area contributed by atoms with Gasteiger partial charge in [0.15, 0.2) is 5.78 Å². The first-order valence-electron chi connectivity index (χ1n) is 11.5. The van der Waals surface area contributed by atoms with Crippen LogP contribution in [0.1, 0.15) is 46.9 Å². The molecule has 0 spiro atoms. The molecule has 6 nitrogen and oxygen atoms in total. The molecule has 1 amide bonds. The Kier molecular flexibility index (Phi) is 7.07. The van der Waals surface area contributed by atoms with Crippen molar-refractivity contribution in [3.8, 4) is 16.9 Å². The van der Waals surface area contributed by atoms with Gasteiger partial charge in [-0.25, -0.2) is 0 Å². The minimum absolute atomic E-state index is 0.0937. The summed E-state index contributed by atoms with van der Waals surface area (Å²) in [7, 11) is 0. The summed E-state index contributed by atoms with van der Waals surface area (Å²) in [6.07, 6.45) is 1.96. The van der Waals surface area contributed by atoms with Crippen LogP contribution in [0.5, 0.6) is 5.75 Å². The van der Waals surface area contributed by atoms with E-state index >= 15 is 0 Å². The summed E-state index contributed by atoms with van der Waals surface area (Å²) in [6.45, 7) is 2.48. The molecule has 3 aromatic carbocycles. The zero-order valence-corrected chi connectivity index (χ0v) is 19.0. The minimum atomic E-state index is -0.887. The number of hydrogen-bond acceptors (Lipinski definition) is 4. The molecule has 0 aromatic heterocycles. The van der Waals surface area contributed by atoms with Gasteiger partial charge >= 0.3 is 5.97 Å². The van der Waals surface area contributed by atoms with Crippen LogP contribution in [0.4, 0.5) is 5.69 Å². The lowest BCUT2D eigenvalue weighted by atomic mass is 9.88. The Morgan fingerprint density at radius 1 is 0.824 bits per heavy atom. The van der Waals surface area contributed by atoms with Gasteiger partial charge in [0.05, 0.1) is 12.5 Å². The summed E-state index contributed by atoms with van der Waals surface area (Å²) < 4.78 is 5.40. The molecule has 0 saturated heterocycles. The van der Waals surface area contributed by atoms with Gasteiger partial charge in [-0.2, -0.15) is 0 Å². The van der Waals surface area contributed by atoms with E-state index < -0.39 is 17.8 Å². The fourth-order valence-corrected chi connectivity index (χ4v) is 4.43. The molecule has 0 radical (unpaired) electrons. The summed E-state index contributed by atoms with van der Waals surface area (Å²) in [5, 5.41) is 12.2. The third-order valence-electron chi connectivity index (χ3n) is 6.24. The zero-order valence-electron chi connectivity index (χ0n) is 19.0. The molecule has 3 aromatic rings. The highest BCUT2D eigenvalue weighted by Gasteiger charge is 2.37. The summed E-state index contributed by atoms with van der Waals surface area (Å²) in [5.41, 5.74) is 3.64. The number of carbonyl (C=O) groups is 3. The second-order valence-electron chi connectivity index (χ2n) is 8.41. The Bertz CT molecular complexity index is 1170. The summed E-state index contributed by atoms with van der Waals surface area (Å²) in [4.78, 5) is 36.7. The second-order valence-corrected chi connectivity index (χ2v) is 8.41. The number of carboxylic acid groups (broad SMARTS) is 1. The number of carboxylic acids is 1. The highest BCUT2D eigenvalue weighted by Crippen LogP contribution is 2.35. The smallest absolute Gasteiger partial charge is 0.307 e. The van der Waals surface area contributed by atoms with E-state index in [1.54, 1.807) is 36.4 Å². The molecule has 34 heavy (non-hydrogen) atoms. The van der Waals surface area contributed by atoms with Crippen LogP contribution in [0.2, 0.25) is 0 Å². The first-order chi connectivity index (χ1) is 16.5. The van der Waals surface area contributed by atoms with Crippen LogP contribution >= 0.6 is 0 Å². The third-order valence-corrected chi connectivity index (χ3v) is 6.24.